The Morgan fingerprint density at radius 3 is 2.44 bits per heavy atom. The standard InChI is InChI=1S/C12H14ClN3/c1-7-4-5-10(8(2)6-7)16-12(14)11(13)9(3)15-16/h4-6H,14H2,1-3H3. The fourth-order valence-corrected chi connectivity index (χ4v) is 1.87. The Hall–Kier alpha value is -1.48. The Labute approximate surface area is 99.8 Å². The first-order chi connectivity index (χ1) is 7.50. The van der Waals surface area contributed by atoms with E-state index in [-0.39, 0.29) is 0 Å². The lowest BCUT2D eigenvalue weighted by Gasteiger charge is -2.08. The van der Waals surface area contributed by atoms with Gasteiger partial charge < -0.3 is 5.73 Å². The van der Waals surface area contributed by atoms with Gasteiger partial charge in [0.25, 0.3) is 0 Å². The van der Waals surface area contributed by atoms with E-state index < -0.39 is 0 Å². The summed E-state index contributed by atoms with van der Waals surface area (Å²) >= 11 is 6.02. The summed E-state index contributed by atoms with van der Waals surface area (Å²) in [6.07, 6.45) is 0. The first-order valence-electron chi connectivity index (χ1n) is 5.09. The lowest BCUT2D eigenvalue weighted by atomic mass is 10.1. The monoisotopic (exact) mass is 235 g/mol. The van der Waals surface area contributed by atoms with Crippen molar-refractivity contribution in [2.45, 2.75) is 20.8 Å². The zero-order valence-corrected chi connectivity index (χ0v) is 10.3. The molecule has 84 valence electrons. The zero-order chi connectivity index (χ0) is 11.9. The molecule has 0 saturated carbocycles. The molecule has 1 aromatic carbocycles. The summed E-state index contributed by atoms with van der Waals surface area (Å²) in [6.45, 7) is 5.94. The van der Waals surface area contributed by atoms with Crippen LogP contribution >= 0.6 is 11.6 Å². The molecular formula is C12H14ClN3. The molecule has 2 N–H and O–H groups in total. The third-order valence-electron chi connectivity index (χ3n) is 2.60. The SMILES string of the molecule is Cc1ccc(-n2nc(C)c(Cl)c2N)c(C)c1. The molecule has 2 rings (SSSR count). The molecule has 2 aromatic rings. The first-order valence-corrected chi connectivity index (χ1v) is 5.46. The quantitative estimate of drug-likeness (QED) is 0.826. The van der Waals surface area contributed by atoms with Gasteiger partial charge in [-0.3, -0.25) is 0 Å². The summed E-state index contributed by atoms with van der Waals surface area (Å²) in [5, 5.41) is 4.86. The third-order valence-corrected chi connectivity index (χ3v) is 3.07. The van der Waals surface area contributed by atoms with Gasteiger partial charge in [0.2, 0.25) is 0 Å². The second kappa shape index (κ2) is 3.83. The number of nitrogens with two attached hydrogens (primary N) is 1. The van der Waals surface area contributed by atoms with Gasteiger partial charge >= 0.3 is 0 Å². The van der Waals surface area contributed by atoms with E-state index in [0.717, 1.165) is 16.9 Å². The summed E-state index contributed by atoms with van der Waals surface area (Å²) in [6, 6.07) is 6.14. The van der Waals surface area contributed by atoms with Crippen molar-refractivity contribution < 1.29 is 0 Å². The van der Waals surface area contributed by atoms with Crippen molar-refractivity contribution in [3.8, 4) is 5.69 Å². The number of anilines is 1. The number of aromatic nitrogens is 2. The summed E-state index contributed by atoms with van der Waals surface area (Å²) in [5.41, 5.74) is 9.98. The second-order valence-electron chi connectivity index (χ2n) is 3.99. The maximum absolute atomic E-state index is 6.02. The molecule has 4 heteroatoms. The Morgan fingerprint density at radius 2 is 1.94 bits per heavy atom. The molecule has 0 spiro atoms. The molecule has 16 heavy (non-hydrogen) atoms. The van der Waals surface area contributed by atoms with Crippen LogP contribution in [0.25, 0.3) is 5.69 Å². The number of nitrogen functional groups attached to an aromatic ring is 1. The average molecular weight is 236 g/mol. The predicted octanol–water partition coefficient (Wildman–Crippen LogP) is 3.03. The normalized spacial score (nSPS) is 10.8. The van der Waals surface area contributed by atoms with Crippen molar-refractivity contribution in [3.63, 3.8) is 0 Å². The predicted molar refractivity (Wildman–Crippen MR) is 67.2 cm³/mol. The van der Waals surface area contributed by atoms with Gasteiger partial charge in [-0.05, 0) is 32.4 Å². The van der Waals surface area contributed by atoms with Gasteiger partial charge in [0.05, 0.1) is 11.4 Å². The number of hydrogen-bond donors (Lipinski definition) is 1. The number of aryl methyl sites for hydroxylation is 3. The van der Waals surface area contributed by atoms with Gasteiger partial charge in [0.15, 0.2) is 0 Å². The van der Waals surface area contributed by atoms with E-state index in [4.69, 9.17) is 17.3 Å². The van der Waals surface area contributed by atoms with Gasteiger partial charge in [-0.25, -0.2) is 4.68 Å². The summed E-state index contributed by atoms with van der Waals surface area (Å²) in [7, 11) is 0. The highest BCUT2D eigenvalue weighted by Crippen LogP contribution is 2.26. The average Bonchev–Trinajstić information content (AvgIpc) is 2.46. The van der Waals surface area contributed by atoms with Crippen molar-refractivity contribution in [2.24, 2.45) is 0 Å². The van der Waals surface area contributed by atoms with Crippen LogP contribution in [-0.2, 0) is 0 Å². The maximum Gasteiger partial charge on any atom is 0.146 e. The number of nitrogens with zero attached hydrogens (tertiary/aromatic N) is 2. The molecule has 0 atom stereocenters. The molecule has 0 bridgehead atoms. The van der Waals surface area contributed by atoms with Crippen molar-refractivity contribution in [3.05, 3.63) is 40.0 Å². The first kappa shape index (κ1) is 11.0. The van der Waals surface area contributed by atoms with E-state index in [2.05, 4.69) is 18.1 Å². The van der Waals surface area contributed by atoms with Gasteiger partial charge in [-0.1, -0.05) is 29.3 Å². The van der Waals surface area contributed by atoms with Crippen LogP contribution in [0.2, 0.25) is 5.02 Å². The van der Waals surface area contributed by atoms with Crippen LogP contribution < -0.4 is 5.73 Å². The molecule has 0 aliphatic carbocycles. The van der Waals surface area contributed by atoms with Crippen LogP contribution in [0.5, 0.6) is 0 Å². The highest BCUT2D eigenvalue weighted by Gasteiger charge is 2.12. The summed E-state index contributed by atoms with van der Waals surface area (Å²) in [4.78, 5) is 0. The van der Waals surface area contributed by atoms with Crippen molar-refractivity contribution in [1.82, 2.24) is 9.78 Å². The molecule has 1 heterocycles. The van der Waals surface area contributed by atoms with Crippen LogP contribution in [0.4, 0.5) is 5.82 Å². The van der Waals surface area contributed by atoms with E-state index in [0.29, 0.717) is 10.8 Å². The third kappa shape index (κ3) is 1.67. The number of rotatable bonds is 1. The minimum absolute atomic E-state index is 0.492. The molecule has 0 unspecified atom stereocenters. The zero-order valence-electron chi connectivity index (χ0n) is 9.58. The molecule has 0 saturated heterocycles. The molecule has 0 radical (unpaired) electrons. The van der Waals surface area contributed by atoms with Gasteiger partial charge in [-0.2, -0.15) is 5.10 Å². The van der Waals surface area contributed by atoms with Crippen LogP contribution in [0, 0.1) is 20.8 Å². The minimum atomic E-state index is 0.492. The van der Waals surface area contributed by atoms with Crippen LogP contribution in [-0.4, -0.2) is 9.78 Å². The smallest absolute Gasteiger partial charge is 0.146 e. The van der Waals surface area contributed by atoms with E-state index in [1.807, 2.05) is 26.0 Å². The Kier molecular flexibility index (Phi) is 2.64. The molecular weight excluding hydrogens is 222 g/mol. The minimum Gasteiger partial charge on any atom is -0.382 e. The van der Waals surface area contributed by atoms with Gasteiger partial charge in [0.1, 0.15) is 10.8 Å². The fraction of sp³-hybridized carbons (Fsp3) is 0.250. The van der Waals surface area contributed by atoms with E-state index in [1.165, 1.54) is 5.56 Å². The van der Waals surface area contributed by atoms with Crippen molar-refractivity contribution in [1.29, 1.82) is 0 Å². The van der Waals surface area contributed by atoms with E-state index in [1.54, 1.807) is 4.68 Å². The number of benzene rings is 1. The molecule has 0 aliphatic rings. The Bertz CT molecular complexity index is 543. The van der Waals surface area contributed by atoms with Crippen molar-refractivity contribution in [2.75, 3.05) is 5.73 Å². The Morgan fingerprint density at radius 1 is 1.25 bits per heavy atom. The van der Waals surface area contributed by atoms with Crippen molar-refractivity contribution >= 4 is 17.4 Å². The molecule has 0 fully saturated rings. The van der Waals surface area contributed by atoms with Crippen LogP contribution in [0.1, 0.15) is 16.8 Å². The molecule has 0 amide bonds. The van der Waals surface area contributed by atoms with E-state index >= 15 is 0 Å². The number of hydrogen-bond acceptors (Lipinski definition) is 2. The summed E-state index contributed by atoms with van der Waals surface area (Å²) in [5.74, 6) is 0.492. The fourth-order valence-electron chi connectivity index (χ4n) is 1.75. The highest BCUT2D eigenvalue weighted by molar-refractivity contribution is 6.33. The highest BCUT2D eigenvalue weighted by atomic mass is 35.5. The van der Waals surface area contributed by atoms with Gasteiger partial charge in [0, 0.05) is 0 Å². The topological polar surface area (TPSA) is 43.8 Å². The largest absolute Gasteiger partial charge is 0.382 e. The van der Waals surface area contributed by atoms with Crippen LogP contribution in [0.15, 0.2) is 18.2 Å². The number of halogens is 1. The lowest BCUT2D eigenvalue weighted by Crippen LogP contribution is -2.04. The Balaban J connectivity index is 2.63. The summed E-state index contributed by atoms with van der Waals surface area (Å²) < 4.78 is 1.69. The maximum atomic E-state index is 6.02. The molecule has 3 nitrogen and oxygen atoms in total. The second-order valence-corrected chi connectivity index (χ2v) is 4.36. The lowest BCUT2D eigenvalue weighted by molar-refractivity contribution is 0.864. The van der Waals surface area contributed by atoms with Gasteiger partial charge in [-0.15, -0.1) is 0 Å². The molecule has 1 aromatic heterocycles. The van der Waals surface area contributed by atoms with E-state index in [9.17, 15) is 0 Å². The van der Waals surface area contributed by atoms with Crippen LogP contribution in [0.3, 0.4) is 0 Å². The molecule has 0 aliphatic heterocycles.